The van der Waals surface area contributed by atoms with Gasteiger partial charge in [-0.15, -0.1) is 5.10 Å². The van der Waals surface area contributed by atoms with Gasteiger partial charge in [-0.05, 0) is 29.8 Å². The number of benzene rings is 2. The van der Waals surface area contributed by atoms with Crippen molar-refractivity contribution >= 4 is 15.9 Å². The monoisotopic (exact) mass is 453 g/mol. The molecule has 0 spiro atoms. The van der Waals surface area contributed by atoms with Crippen molar-refractivity contribution < 1.29 is 14.0 Å². The molecule has 146 valence electrons. The third kappa shape index (κ3) is 3.32. The van der Waals surface area contributed by atoms with Gasteiger partial charge in [0.15, 0.2) is 5.69 Å². The molecule has 0 N–H and O–H groups in total. The number of nitrogens with zero attached hydrogens (tertiary/aromatic N) is 5. The molecule has 0 amide bonds. The van der Waals surface area contributed by atoms with Gasteiger partial charge >= 0.3 is 0 Å². The summed E-state index contributed by atoms with van der Waals surface area (Å²) in [5, 5.41) is 12.6. The predicted molar refractivity (Wildman–Crippen MR) is 107 cm³/mol. The standard InChI is InChI=1S/C20H16BrN5O3/c1-27-13-6-4-5-12(9-13)17-10-26-16(11-28-17)18(23-25-26)20-22-19(24-29-20)14-7-2-3-8-15(14)21/h2-9,17H,10-11H2,1H3/t17-/m1/s1. The first-order valence-electron chi connectivity index (χ1n) is 9.00. The van der Waals surface area contributed by atoms with Crippen LogP contribution in [0.25, 0.3) is 23.0 Å². The normalized spacial score (nSPS) is 15.9. The van der Waals surface area contributed by atoms with Crippen molar-refractivity contribution in [2.75, 3.05) is 7.11 Å². The van der Waals surface area contributed by atoms with Crippen LogP contribution in [0, 0.1) is 0 Å². The highest BCUT2D eigenvalue weighted by molar-refractivity contribution is 9.10. The average molecular weight is 454 g/mol. The van der Waals surface area contributed by atoms with Gasteiger partial charge in [0.2, 0.25) is 5.82 Å². The van der Waals surface area contributed by atoms with Crippen LogP contribution in [0.5, 0.6) is 5.75 Å². The fourth-order valence-electron chi connectivity index (χ4n) is 3.29. The molecule has 2 aromatic carbocycles. The van der Waals surface area contributed by atoms with E-state index in [1.54, 1.807) is 7.11 Å². The molecule has 1 aliphatic heterocycles. The van der Waals surface area contributed by atoms with Gasteiger partial charge in [0.1, 0.15) is 11.9 Å². The van der Waals surface area contributed by atoms with Crippen LogP contribution in [-0.4, -0.2) is 32.2 Å². The molecule has 0 saturated heterocycles. The minimum absolute atomic E-state index is 0.134. The van der Waals surface area contributed by atoms with E-state index in [9.17, 15) is 0 Å². The summed E-state index contributed by atoms with van der Waals surface area (Å²) in [4.78, 5) is 4.50. The third-order valence-electron chi connectivity index (χ3n) is 4.81. The quantitative estimate of drug-likeness (QED) is 0.460. The van der Waals surface area contributed by atoms with Crippen LogP contribution >= 0.6 is 15.9 Å². The lowest BCUT2D eigenvalue weighted by atomic mass is 10.1. The van der Waals surface area contributed by atoms with Crippen LogP contribution in [0.3, 0.4) is 0 Å². The maximum absolute atomic E-state index is 6.07. The van der Waals surface area contributed by atoms with E-state index in [2.05, 4.69) is 36.4 Å². The summed E-state index contributed by atoms with van der Waals surface area (Å²) in [7, 11) is 1.65. The molecule has 0 fully saturated rings. The van der Waals surface area contributed by atoms with Crippen LogP contribution < -0.4 is 4.74 Å². The zero-order chi connectivity index (χ0) is 19.8. The minimum atomic E-state index is -0.134. The zero-order valence-corrected chi connectivity index (χ0v) is 17.0. The van der Waals surface area contributed by atoms with Crippen LogP contribution in [0.15, 0.2) is 57.5 Å². The SMILES string of the molecule is COc1cccc([C@H]2Cn3nnc(-c4nc(-c5ccccc5Br)no4)c3CO2)c1. The molecule has 0 radical (unpaired) electrons. The lowest BCUT2D eigenvalue weighted by Gasteiger charge is -2.24. The number of halogens is 1. The highest BCUT2D eigenvalue weighted by atomic mass is 79.9. The van der Waals surface area contributed by atoms with Crippen LogP contribution in [0.1, 0.15) is 17.4 Å². The van der Waals surface area contributed by atoms with E-state index in [1.807, 2.05) is 53.2 Å². The van der Waals surface area contributed by atoms with Gasteiger partial charge < -0.3 is 14.0 Å². The summed E-state index contributed by atoms with van der Waals surface area (Å²) in [6.07, 6.45) is -0.134. The Balaban J connectivity index is 1.42. The highest BCUT2D eigenvalue weighted by Crippen LogP contribution is 2.32. The molecule has 1 aliphatic rings. The summed E-state index contributed by atoms with van der Waals surface area (Å²) >= 11 is 3.51. The second-order valence-electron chi connectivity index (χ2n) is 6.55. The predicted octanol–water partition coefficient (Wildman–Crippen LogP) is 4.04. The molecule has 9 heteroatoms. The van der Waals surface area contributed by atoms with Gasteiger partial charge in [-0.2, -0.15) is 4.98 Å². The van der Waals surface area contributed by atoms with E-state index in [0.29, 0.717) is 30.6 Å². The molecule has 3 heterocycles. The molecule has 29 heavy (non-hydrogen) atoms. The molecule has 0 bridgehead atoms. The number of ether oxygens (including phenoxy) is 2. The summed E-state index contributed by atoms with van der Waals surface area (Å²) in [5.41, 5.74) is 3.23. The number of rotatable bonds is 4. The lowest BCUT2D eigenvalue weighted by Crippen LogP contribution is -2.22. The first-order chi connectivity index (χ1) is 14.2. The summed E-state index contributed by atoms with van der Waals surface area (Å²) < 4.78 is 19.5. The minimum Gasteiger partial charge on any atom is -0.497 e. The Morgan fingerprint density at radius 2 is 2.07 bits per heavy atom. The fraction of sp³-hybridized carbons (Fsp3) is 0.200. The number of fused-ring (bicyclic) bond motifs is 1. The second-order valence-corrected chi connectivity index (χ2v) is 7.40. The van der Waals surface area contributed by atoms with Crippen molar-refractivity contribution in [1.29, 1.82) is 0 Å². The van der Waals surface area contributed by atoms with Crippen LogP contribution in [0.2, 0.25) is 0 Å². The van der Waals surface area contributed by atoms with E-state index in [-0.39, 0.29) is 6.10 Å². The second kappa shape index (κ2) is 7.41. The van der Waals surface area contributed by atoms with E-state index >= 15 is 0 Å². The third-order valence-corrected chi connectivity index (χ3v) is 5.50. The Morgan fingerprint density at radius 3 is 2.93 bits per heavy atom. The number of aromatic nitrogens is 5. The molecule has 1 atom stereocenters. The molecule has 2 aromatic heterocycles. The number of hydrogen-bond acceptors (Lipinski definition) is 7. The Labute approximate surface area is 174 Å². The topological polar surface area (TPSA) is 88.1 Å². The summed E-state index contributed by atoms with van der Waals surface area (Å²) in [5.74, 6) is 1.60. The van der Waals surface area contributed by atoms with Crippen molar-refractivity contribution in [2.45, 2.75) is 19.3 Å². The Kier molecular flexibility index (Phi) is 4.61. The van der Waals surface area contributed by atoms with E-state index in [0.717, 1.165) is 27.0 Å². The van der Waals surface area contributed by atoms with Crippen LogP contribution in [-0.2, 0) is 17.9 Å². The molecule has 0 saturated carbocycles. The maximum Gasteiger partial charge on any atom is 0.280 e. The highest BCUT2D eigenvalue weighted by Gasteiger charge is 2.28. The fourth-order valence-corrected chi connectivity index (χ4v) is 3.75. The van der Waals surface area contributed by atoms with Crippen LogP contribution in [0.4, 0.5) is 0 Å². The molecule has 8 nitrogen and oxygen atoms in total. The van der Waals surface area contributed by atoms with E-state index in [1.165, 1.54) is 0 Å². The Bertz CT molecular complexity index is 1170. The largest absolute Gasteiger partial charge is 0.497 e. The molecule has 0 aliphatic carbocycles. The summed E-state index contributed by atoms with van der Waals surface area (Å²) in [6, 6.07) is 15.5. The molecule has 5 rings (SSSR count). The van der Waals surface area contributed by atoms with Gasteiger partial charge in [-0.1, -0.05) is 50.6 Å². The van der Waals surface area contributed by atoms with Gasteiger partial charge in [0.25, 0.3) is 5.89 Å². The smallest absolute Gasteiger partial charge is 0.280 e. The van der Waals surface area contributed by atoms with Gasteiger partial charge in [0.05, 0.1) is 26.0 Å². The van der Waals surface area contributed by atoms with E-state index < -0.39 is 0 Å². The number of methoxy groups -OCH3 is 1. The first-order valence-corrected chi connectivity index (χ1v) is 9.79. The lowest BCUT2D eigenvalue weighted by molar-refractivity contribution is -0.00127. The molecular weight excluding hydrogens is 438 g/mol. The number of hydrogen-bond donors (Lipinski definition) is 0. The van der Waals surface area contributed by atoms with E-state index in [4.69, 9.17) is 14.0 Å². The Morgan fingerprint density at radius 1 is 1.17 bits per heavy atom. The van der Waals surface area contributed by atoms with Gasteiger partial charge in [-0.3, -0.25) is 0 Å². The first kappa shape index (κ1) is 18.0. The average Bonchev–Trinajstić information content (AvgIpc) is 3.40. The molecule has 4 aromatic rings. The maximum atomic E-state index is 6.07. The van der Waals surface area contributed by atoms with Crippen molar-refractivity contribution in [2.24, 2.45) is 0 Å². The molecular formula is C20H16BrN5O3. The molecule has 0 unspecified atom stereocenters. The van der Waals surface area contributed by atoms with Crippen molar-refractivity contribution in [1.82, 2.24) is 25.1 Å². The Hall–Kier alpha value is -3.04. The summed E-state index contributed by atoms with van der Waals surface area (Å²) in [6.45, 7) is 0.887. The van der Waals surface area contributed by atoms with Crippen molar-refractivity contribution in [3.8, 4) is 28.7 Å². The zero-order valence-electron chi connectivity index (χ0n) is 15.4. The van der Waals surface area contributed by atoms with Crippen molar-refractivity contribution in [3.05, 3.63) is 64.3 Å². The van der Waals surface area contributed by atoms with Gasteiger partial charge in [-0.25, -0.2) is 4.68 Å². The van der Waals surface area contributed by atoms with Crippen molar-refractivity contribution in [3.63, 3.8) is 0 Å². The van der Waals surface area contributed by atoms with Gasteiger partial charge in [0, 0.05) is 10.0 Å².